The quantitative estimate of drug-likeness (QED) is 0.0543. The van der Waals surface area contributed by atoms with Crippen LogP contribution in [0.4, 0.5) is 8.78 Å². The third-order valence-electron chi connectivity index (χ3n) is 21.4. The predicted molar refractivity (Wildman–Crippen MR) is 501 cm³/mol. The second kappa shape index (κ2) is 48.0. The molecule has 23 heteroatoms. The second-order valence-corrected chi connectivity index (χ2v) is 33.8. The van der Waals surface area contributed by atoms with E-state index in [1.54, 1.807) is 98.5 Å². The molecule has 20 nitrogen and oxygen atoms in total. The normalized spacial score (nSPS) is 11.5. The van der Waals surface area contributed by atoms with Gasteiger partial charge in [0, 0.05) is 167 Å². The molecule has 0 saturated heterocycles. The van der Waals surface area contributed by atoms with Gasteiger partial charge in [-0.2, -0.15) is 0 Å². The van der Waals surface area contributed by atoms with Gasteiger partial charge in [-0.05, 0) is 147 Å². The summed E-state index contributed by atoms with van der Waals surface area (Å²) in [7, 11) is 7.08. The molecule has 0 amide bonds. The highest BCUT2D eigenvalue weighted by Crippen LogP contribution is 2.33. The molecular formula is C102H123F2N13O7S. The first-order valence-electron chi connectivity index (χ1n) is 43.0. The van der Waals surface area contributed by atoms with Crippen LogP contribution in [0.3, 0.4) is 0 Å². The molecule has 658 valence electrons. The highest BCUT2D eigenvalue weighted by molar-refractivity contribution is 7.71. The molecule has 1 aliphatic rings. The van der Waals surface area contributed by atoms with E-state index in [1.165, 1.54) is 59.2 Å². The molecule has 7 aromatic heterocycles. The molecule has 0 N–H and O–H groups in total. The van der Waals surface area contributed by atoms with E-state index in [0.717, 1.165) is 85.8 Å². The van der Waals surface area contributed by atoms with Crippen molar-refractivity contribution in [1.82, 2.24) is 61.9 Å². The van der Waals surface area contributed by atoms with Gasteiger partial charge in [0.2, 0.25) is 0 Å². The summed E-state index contributed by atoms with van der Waals surface area (Å²) in [5, 5.41) is 0. The van der Waals surface area contributed by atoms with Gasteiger partial charge in [-0.15, -0.1) is 0 Å². The average Bonchev–Trinajstić information content (AvgIpc) is 1.07. The smallest absolute Gasteiger partial charge is 0.304 e. The number of pyridine rings is 1. The molecule has 0 atom stereocenters. The maximum absolute atomic E-state index is 12.9. The van der Waals surface area contributed by atoms with Crippen LogP contribution in [0.1, 0.15) is 255 Å². The van der Waals surface area contributed by atoms with Crippen molar-refractivity contribution in [3.05, 3.63) is 400 Å². The third-order valence-corrected chi connectivity index (χ3v) is 21.9. The Bertz CT molecular complexity index is 5830. The zero-order valence-corrected chi connectivity index (χ0v) is 76.8. The van der Waals surface area contributed by atoms with Gasteiger partial charge in [-0.25, -0.2) is 38.7 Å². The molecule has 0 aliphatic heterocycles. The van der Waals surface area contributed by atoms with Gasteiger partial charge in [0.05, 0.1) is 12.7 Å². The number of hydrogen-bond acceptors (Lipinski definition) is 14. The summed E-state index contributed by atoms with van der Waals surface area (Å²) in [4.78, 5) is 98.7. The van der Waals surface area contributed by atoms with Crippen molar-refractivity contribution in [3.63, 3.8) is 0 Å². The number of nitrogens with zero attached hydrogens (tertiary/aromatic N) is 13. The van der Waals surface area contributed by atoms with E-state index in [4.69, 9.17) is 17.0 Å². The number of benzene rings is 6. The molecule has 0 unspecified atom stereocenters. The van der Waals surface area contributed by atoms with Gasteiger partial charge in [0.15, 0.2) is 0 Å². The number of aryl methyl sites for hydroxylation is 1. The van der Waals surface area contributed by atoms with Crippen molar-refractivity contribution >= 4 is 12.2 Å². The maximum atomic E-state index is 12.9. The number of ether oxygens (including phenoxy) is 1. The van der Waals surface area contributed by atoms with E-state index in [0.29, 0.717) is 66.4 Å². The maximum Gasteiger partial charge on any atom is 0.304 e. The summed E-state index contributed by atoms with van der Waals surface area (Å²) in [5.74, 6) is 4.36. The molecule has 7 heterocycles. The van der Waals surface area contributed by atoms with Crippen molar-refractivity contribution in [2.24, 2.45) is 34.1 Å². The van der Waals surface area contributed by atoms with Crippen LogP contribution in [0.2, 0.25) is 0 Å². The number of halogens is 2. The number of rotatable bonds is 23. The van der Waals surface area contributed by atoms with Gasteiger partial charge in [-0.1, -0.05) is 234 Å². The first kappa shape index (κ1) is 98.1. The van der Waals surface area contributed by atoms with Crippen LogP contribution in [-0.4, -0.2) is 61.9 Å². The van der Waals surface area contributed by atoms with Crippen LogP contribution in [0.25, 0.3) is 0 Å². The summed E-state index contributed by atoms with van der Waals surface area (Å²) in [5.41, 5.74) is 12.5. The Labute approximate surface area is 739 Å². The molecule has 1 saturated carbocycles. The Morgan fingerprint density at radius 2 is 0.752 bits per heavy atom. The summed E-state index contributed by atoms with van der Waals surface area (Å²) in [6.07, 6.45) is 21.8. The van der Waals surface area contributed by atoms with E-state index >= 15 is 0 Å². The minimum Gasteiger partial charge on any atom is -0.425 e. The highest BCUT2D eigenvalue weighted by Gasteiger charge is 2.23. The molecule has 6 aromatic carbocycles. The largest absolute Gasteiger partial charge is 0.425 e. The zero-order chi connectivity index (χ0) is 91.1. The third kappa shape index (κ3) is 29.1. The molecule has 1 aliphatic carbocycles. The fourth-order valence-corrected chi connectivity index (χ4v) is 13.8. The van der Waals surface area contributed by atoms with Crippen molar-refractivity contribution < 1.29 is 13.5 Å². The predicted octanol–water partition coefficient (Wildman–Crippen LogP) is 20.0. The van der Waals surface area contributed by atoms with Gasteiger partial charge >= 0.3 is 6.01 Å². The van der Waals surface area contributed by atoms with Crippen LogP contribution < -0.4 is 38.1 Å². The monoisotopic (exact) mass is 1710 g/mol. The zero-order valence-electron chi connectivity index (χ0n) is 76.0. The lowest BCUT2D eigenvalue weighted by Gasteiger charge is -2.13. The molecular weight excluding hydrogens is 1590 g/mol. The molecule has 14 rings (SSSR count). The molecule has 0 bridgehead atoms. The van der Waals surface area contributed by atoms with Crippen molar-refractivity contribution in [3.8, 4) is 11.8 Å². The number of hydrogen-bond donors (Lipinski definition) is 0. The minimum atomic E-state index is -0.263. The molecule has 0 radical (unpaired) electrons. The Morgan fingerprint density at radius 3 is 1.21 bits per heavy atom. The molecule has 13 aromatic rings. The summed E-state index contributed by atoms with van der Waals surface area (Å²) >= 11 is 5.49. The van der Waals surface area contributed by atoms with Crippen LogP contribution in [0, 0.1) is 22.2 Å². The average molecular weight is 1710 g/mol. The standard InChI is InChI=1S/C16H19FN2O.C16H19NO.C15H17FN2O.C14H16N2O2.C14H16N2O.C14H16N2S.C13H20N2O/c1-4-19-15(9-12-5-7-13(17)8-6-12)18-10-14(11(2)3)16(19)20;1-12(2)15-10-9-14(17(3)16(15)18)11-13-7-5-4-6-8-13;1-10(2)13-9-17-14(18(3)15(13)19)8-11-4-6-12(16)7-5-11;1-10(2)12-9-15-14(16(3)13(12)17)18-11-7-5-4-6-8-11;2*1-11(2)16-10-15-9-13(14(16)17)8-12-6-4-3-5-7-12;1-9(2)11-8-14-12(15(3)13(11)16)7-6-10-4-5-10/h5-8,10-11H,4,9H2,1-3H3;4-10,12H,11H2,1-3H3;4-7,9-10H,8H2,1-3H3;4-10H,1-3H3;2*3-7,9-11H,8H2,1-2H3;8-10H,4-7H2,1-3H3. The Hall–Kier alpha value is -12.4. The lowest BCUT2D eigenvalue weighted by atomic mass is 10.0. The lowest BCUT2D eigenvalue weighted by molar-refractivity contribution is 0.410. The Kier molecular flexibility index (Phi) is 37.7. The van der Waals surface area contributed by atoms with Crippen molar-refractivity contribution in [2.75, 3.05) is 0 Å². The van der Waals surface area contributed by atoms with E-state index in [-0.39, 0.29) is 80.6 Å². The number of aromatic nitrogens is 13. The van der Waals surface area contributed by atoms with Gasteiger partial charge in [0.1, 0.15) is 39.5 Å². The molecule has 1 fully saturated rings. The summed E-state index contributed by atoms with van der Waals surface area (Å²) < 4.78 is 44.1. The fraction of sp³-hybridized carbons (Fsp3) is 0.363. The van der Waals surface area contributed by atoms with Crippen molar-refractivity contribution in [2.45, 2.75) is 210 Å². The fourth-order valence-electron chi connectivity index (χ4n) is 13.4. The first-order valence-corrected chi connectivity index (χ1v) is 43.4. The molecule has 125 heavy (non-hydrogen) atoms. The minimum absolute atomic E-state index is 0.0119. The van der Waals surface area contributed by atoms with E-state index in [9.17, 15) is 37.5 Å². The van der Waals surface area contributed by atoms with Crippen LogP contribution in [-0.2, 0) is 73.3 Å². The van der Waals surface area contributed by atoms with Crippen LogP contribution >= 0.6 is 12.2 Å². The van der Waals surface area contributed by atoms with Gasteiger partial charge in [-0.3, -0.25) is 51.6 Å². The lowest BCUT2D eigenvalue weighted by Crippen LogP contribution is -2.28. The van der Waals surface area contributed by atoms with Crippen LogP contribution in [0.15, 0.2) is 261 Å². The first-order chi connectivity index (χ1) is 59.6. The Morgan fingerprint density at radius 1 is 0.376 bits per heavy atom. The van der Waals surface area contributed by atoms with Crippen LogP contribution in [0.5, 0.6) is 11.8 Å². The summed E-state index contributed by atoms with van der Waals surface area (Å²) in [6.45, 7) is 30.7. The van der Waals surface area contributed by atoms with Gasteiger partial charge in [0.25, 0.3) is 33.4 Å². The SMILES string of the molecule is CC(C)c1ccc(Cc2ccccc2)n(C)c1=O.CC(C)c1cnc(CCC2CC2)n(C)c1=O.CC(C)c1cnc(Cc2ccc(F)cc2)n(C)c1=O.CC(C)c1cnc(Oc2ccccc2)n(C)c1=O.CC(C)n1cncc(Cc2ccccc2)c1=O.CC(C)n1cncc(Cc2ccccc2)c1=S.CCn1c(Cc2ccc(F)cc2)ncc(C(C)C)c1=O. The Balaban J connectivity index is 0.000000181. The van der Waals surface area contributed by atoms with E-state index in [1.807, 2.05) is 224 Å². The van der Waals surface area contributed by atoms with E-state index in [2.05, 4.69) is 74.1 Å². The topological polar surface area (TPSA) is 224 Å². The summed E-state index contributed by atoms with van der Waals surface area (Å²) in [6, 6.07) is 57.2. The van der Waals surface area contributed by atoms with Crippen molar-refractivity contribution in [1.29, 1.82) is 0 Å². The molecule has 0 spiro atoms. The van der Waals surface area contributed by atoms with E-state index < -0.39 is 0 Å². The van der Waals surface area contributed by atoms with Gasteiger partial charge < -0.3 is 13.9 Å². The second-order valence-electron chi connectivity index (χ2n) is 33.4. The number of para-hydroxylation sites is 1. The highest BCUT2D eigenvalue weighted by atomic mass is 32.1.